The van der Waals surface area contributed by atoms with E-state index in [2.05, 4.69) is 0 Å². The Labute approximate surface area is 152 Å². The molecule has 0 aromatic heterocycles. The minimum atomic E-state index is -5.17. The van der Waals surface area contributed by atoms with Crippen LogP contribution in [0, 0.1) is 0 Å². The fourth-order valence-electron chi connectivity index (χ4n) is 0. The van der Waals surface area contributed by atoms with Crippen molar-refractivity contribution in [2.45, 2.75) is 0 Å². The van der Waals surface area contributed by atoms with Crippen LogP contribution in [-0.4, -0.2) is 40.6 Å². The Morgan fingerprint density at radius 3 is 1.12 bits per heavy atom. The van der Waals surface area contributed by atoms with Crippen LogP contribution in [0.1, 0.15) is 2.85 Å². The van der Waals surface area contributed by atoms with Crippen LogP contribution in [0.3, 0.4) is 0 Å². The second-order valence-corrected chi connectivity index (χ2v) is 1.22. The third-order valence-corrected chi connectivity index (χ3v) is 0. The van der Waals surface area contributed by atoms with Gasteiger partial charge in [0.05, 0.1) is 0 Å². The van der Waals surface area contributed by atoms with E-state index < -0.39 is 10.4 Å². The van der Waals surface area contributed by atoms with Gasteiger partial charge in [0.2, 0.25) is 0 Å². The van der Waals surface area contributed by atoms with Crippen molar-refractivity contribution in [3.05, 3.63) is 0 Å². The zero-order chi connectivity index (χ0) is 4.50. The number of hydrogen-bond donors (Lipinski definition) is 0. The molecule has 0 spiro atoms. The molecule has 0 aromatic carbocycles. The molecule has 8 heteroatoms. The van der Waals surface area contributed by atoms with Crippen molar-refractivity contribution in [2.24, 2.45) is 0 Å². The van der Waals surface area contributed by atoms with Crippen molar-refractivity contribution in [3.63, 3.8) is 0 Å². The Kier molecular flexibility index (Phi) is 30.9. The maximum atomic E-state index is 8.52. The molecule has 0 bridgehead atoms. The molecule has 0 amide bonds. The second-order valence-electron chi connectivity index (χ2n) is 0.408. The molecule has 0 radical (unpaired) electrons. The van der Waals surface area contributed by atoms with Gasteiger partial charge in [-0.05, 0) is 0 Å². The van der Waals surface area contributed by atoms with Crippen LogP contribution in [-0.2, 0) is 10.4 Å². The van der Waals surface area contributed by atoms with Crippen LogP contribution >= 0.6 is 0 Å². The van der Waals surface area contributed by atoms with Crippen LogP contribution in [0.2, 0.25) is 0 Å². The molecular formula is H2K2MgO4S. The summed E-state index contributed by atoms with van der Waals surface area (Å²) in [5, 5.41) is 0. The quantitative estimate of drug-likeness (QED) is 0.221. The summed E-state index contributed by atoms with van der Waals surface area (Å²) < 4.78 is 34.1. The van der Waals surface area contributed by atoms with Crippen molar-refractivity contribution in [3.8, 4) is 0 Å². The Balaban J connectivity index is -0.00000000800. The molecule has 8 heavy (non-hydrogen) atoms. The summed E-state index contributed by atoms with van der Waals surface area (Å²) in [6.45, 7) is 0. The minimum absolute atomic E-state index is 0. The topological polar surface area (TPSA) is 80.3 Å². The molecule has 4 nitrogen and oxygen atoms in total. The molecule has 0 fully saturated rings. The summed E-state index contributed by atoms with van der Waals surface area (Å²) in [4.78, 5) is 0. The normalized spacial score (nSPS) is 7.25. The van der Waals surface area contributed by atoms with Crippen molar-refractivity contribution in [1.29, 1.82) is 0 Å². The number of rotatable bonds is 0. The Hall–Kier alpha value is 3.91. The standard InChI is InChI=1S/2K.Mg.H2O4S.2H/c;;;1-5(2,3)4;;/h;;;(H2,1,2,3,4);;/q2*+1;+2;;2*-1/p-2. The van der Waals surface area contributed by atoms with Gasteiger partial charge in [-0.15, -0.1) is 0 Å². The Morgan fingerprint density at radius 2 is 1.12 bits per heavy atom. The molecular weight excluding hydrogens is 199 g/mol. The molecule has 0 aliphatic heterocycles. The van der Waals surface area contributed by atoms with E-state index >= 15 is 0 Å². The maximum absolute atomic E-state index is 8.52. The van der Waals surface area contributed by atoms with Crippen molar-refractivity contribution >= 4 is 33.5 Å². The van der Waals surface area contributed by atoms with Gasteiger partial charge >= 0.3 is 126 Å². The SMILES string of the molecule is O=S(=O)([O-])[O-].[H-].[H-].[K+].[K+].[Mg+2]. The summed E-state index contributed by atoms with van der Waals surface area (Å²) in [5.41, 5.74) is 0. The van der Waals surface area contributed by atoms with Gasteiger partial charge in [-0.3, -0.25) is 8.42 Å². The average Bonchev–Trinajstić information content (AvgIpc) is 0.722. The summed E-state index contributed by atoms with van der Waals surface area (Å²) in [6.07, 6.45) is 0. The van der Waals surface area contributed by atoms with Gasteiger partial charge in [-0.2, -0.15) is 0 Å². The molecule has 0 aromatic rings. The van der Waals surface area contributed by atoms with E-state index in [0.717, 1.165) is 0 Å². The summed E-state index contributed by atoms with van der Waals surface area (Å²) in [6, 6.07) is 0. The van der Waals surface area contributed by atoms with Crippen LogP contribution in [0.4, 0.5) is 0 Å². The second kappa shape index (κ2) is 10.9. The van der Waals surface area contributed by atoms with Gasteiger partial charge in [0.15, 0.2) is 0 Å². The van der Waals surface area contributed by atoms with Gasteiger partial charge in [0.25, 0.3) is 0 Å². The minimum Gasteiger partial charge on any atom is -1.00 e. The van der Waals surface area contributed by atoms with Gasteiger partial charge in [-0.25, -0.2) is 0 Å². The first-order chi connectivity index (χ1) is 2.00. The number of hydrogen-bond acceptors (Lipinski definition) is 4. The summed E-state index contributed by atoms with van der Waals surface area (Å²) in [5.74, 6) is 0. The fourth-order valence-corrected chi connectivity index (χ4v) is 0. The maximum Gasteiger partial charge on any atom is 2.00 e. The first-order valence-corrected chi connectivity index (χ1v) is 2.00. The van der Waals surface area contributed by atoms with Crippen LogP contribution < -0.4 is 103 Å². The first-order valence-electron chi connectivity index (χ1n) is 0.667. The van der Waals surface area contributed by atoms with E-state index in [1.165, 1.54) is 0 Å². The molecule has 0 aliphatic carbocycles. The monoisotopic (exact) mass is 200 g/mol. The van der Waals surface area contributed by atoms with E-state index in [4.69, 9.17) is 17.5 Å². The first kappa shape index (κ1) is 22.7. The van der Waals surface area contributed by atoms with E-state index in [-0.39, 0.29) is 129 Å². The molecule has 0 heterocycles. The van der Waals surface area contributed by atoms with Crippen LogP contribution in [0.5, 0.6) is 0 Å². The van der Waals surface area contributed by atoms with Crippen LogP contribution in [0.25, 0.3) is 0 Å². The van der Waals surface area contributed by atoms with Gasteiger partial charge in [0.1, 0.15) is 0 Å². The van der Waals surface area contributed by atoms with E-state index in [0.29, 0.717) is 0 Å². The van der Waals surface area contributed by atoms with Crippen LogP contribution in [0.15, 0.2) is 0 Å². The zero-order valence-corrected chi connectivity index (χ0v) is 13.2. The third kappa shape index (κ3) is 51.5. The molecule has 0 N–H and O–H groups in total. The summed E-state index contributed by atoms with van der Waals surface area (Å²) in [7, 11) is -5.17. The molecule has 0 saturated heterocycles. The molecule has 36 valence electrons. The molecule has 0 saturated carbocycles. The predicted octanol–water partition coefficient (Wildman–Crippen LogP) is -7.49. The Morgan fingerprint density at radius 1 is 1.12 bits per heavy atom. The molecule has 0 rings (SSSR count). The molecule has 0 atom stereocenters. The summed E-state index contributed by atoms with van der Waals surface area (Å²) >= 11 is 0. The molecule has 0 unspecified atom stereocenters. The molecule has 0 aliphatic rings. The Bertz CT molecular complexity index is 104. The predicted molar refractivity (Wildman–Crippen MR) is 18.5 cm³/mol. The third-order valence-electron chi connectivity index (χ3n) is 0. The van der Waals surface area contributed by atoms with E-state index in [1.54, 1.807) is 0 Å². The van der Waals surface area contributed by atoms with Crippen molar-refractivity contribution in [2.75, 3.05) is 0 Å². The van der Waals surface area contributed by atoms with E-state index in [9.17, 15) is 0 Å². The smallest absolute Gasteiger partial charge is 1.00 e. The van der Waals surface area contributed by atoms with Crippen molar-refractivity contribution in [1.82, 2.24) is 0 Å². The van der Waals surface area contributed by atoms with Crippen molar-refractivity contribution < 1.29 is 123 Å². The zero-order valence-electron chi connectivity index (χ0n) is 6.75. The van der Waals surface area contributed by atoms with Gasteiger partial charge in [-0.1, -0.05) is 0 Å². The van der Waals surface area contributed by atoms with Gasteiger partial charge < -0.3 is 12.0 Å². The van der Waals surface area contributed by atoms with E-state index in [1.807, 2.05) is 0 Å². The fraction of sp³-hybridized carbons (Fsp3) is 0. The average molecular weight is 201 g/mol. The van der Waals surface area contributed by atoms with Gasteiger partial charge in [0, 0.05) is 10.4 Å². The largest absolute Gasteiger partial charge is 2.00 e.